The molecular formula is C20H15F7N4O2. The van der Waals surface area contributed by atoms with Gasteiger partial charge in [-0.25, -0.2) is 9.07 Å². The van der Waals surface area contributed by atoms with Crippen molar-refractivity contribution in [2.24, 2.45) is 0 Å². The number of hydrogen-bond donors (Lipinski definition) is 1. The average Bonchev–Trinajstić information content (AvgIpc) is 3.10. The molecule has 33 heavy (non-hydrogen) atoms. The van der Waals surface area contributed by atoms with Crippen LogP contribution in [0.15, 0.2) is 42.7 Å². The van der Waals surface area contributed by atoms with Crippen LogP contribution >= 0.6 is 0 Å². The van der Waals surface area contributed by atoms with Crippen molar-refractivity contribution in [1.82, 2.24) is 14.8 Å². The summed E-state index contributed by atoms with van der Waals surface area (Å²) in [5.41, 5.74) is -4.71. The van der Waals surface area contributed by atoms with Gasteiger partial charge in [-0.3, -0.25) is 9.78 Å². The van der Waals surface area contributed by atoms with Gasteiger partial charge in [-0.2, -0.15) is 26.3 Å². The summed E-state index contributed by atoms with van der Waals surface area (Å²) in [6.45, 7) is 1.47. The lowest BCUT2D eigenvalue weighted by Crippen LogP contribution is -2.44. The molecule has 2 heterocycles. The highest BCUT2D eigenvalue weighted by atomic mass is 19.4. The van der Waals surface area contributed by atoms with Crippen LogP contribution in [0.25, 0.3) is 16.9 Å². The number of hydrogen-bond acceptors (Lipinski definition) is 4. The second-order valence-corrected chi connectivity index (χ2v) is 7.27. The molecule has 0 bridgehead atoms. The second-order valence-electron chi connectivity index (χ2n) is 7.27. The zero-order valence-electron chi connectivity index (χ0n) is 16.9. The molecule has 1 N–H and O–H groups in total. The van der Waals surface area contributed by atoms with E-state index in [2.05, 4.69) is 15.4 Å². The van der Waals surface area contributed by atoms with Gasteiger partial charge in [0.15, 0.2) is 11.4 Å². The Balaban J connectivity index is 2.19. The van der Waals surface area contributed by atoms with Gasteiger partial charge in [-0.15, -0.1) is 5.10 Å². The van der Waals surface area contributed by atoms with Crippen LogP contribution in [0.4, 0.5) is 36.6 Å². The van der Waals surface area contributed by atoms with Crippen molar-refractivity contribution in [2.75, 3.05) is 5.32 Å². The third-order valence-electron chi connectivity index (χ3n) is 4.47. The Morgan fingerprint density at radius 1 is 1.06 bits per heavy atom. The van der Waals surface area contributed by atoms with E-state index in [-0.39, 0.29) is 23.5 Å². The molecule has 1 aromatic carbocycles. The first-order valence-electron chi connectivity index (χ1n) is 9.11. The first-order chi connectivity index (χ1) is 15.2. The molecule has 3 rings (SSSR count). The fourth-order valence-electron chi connectivity index (χ4n) is 2.82. The molecule has 13 heteroatoms. The van der Waals surface area contributed by atoms with Gasteiger partial charge in [-0.05, 0) is 32.0 Å². The van der Waals surface area contributed by atoms with Crippen molar-refractivity contribution in [3.05, 3.63) is 54.1 Å². The van der Waals surface area contributed by atoms with Crippen LogP contribution in [0.3, 0.4) is 0 Å². The summed E-state index contributed by atoms with van der Waals surface area (Å²) in [6, 6.07) is 4.40. The molecule has 0 fully saturated rings. The summed E-state index contributed by atoms with van der Waals surface area (Å²) < 4.78 is 100. The SMILES string of the molecule is CC(C)(Oc1cc(F)cc(-c2cc(NC=O)nn2-c2cnccc2C(F)(F)F)c1)C(F)(F)F. The van der Waals surface area contributed by atoms with Crippen molar-refractivity contribution >= 4 is 12.2 Å². The molecule has 0 radical (unpaired) electrons. The molecule has 0 spiro atoms. The van der Waals surface area contributed by atoms with Crippen LogP contribution < -0.4 is 10.1 Å². The molecule has 1 amide bonds. The second kappa shape index (κ2) is 8.37. The summed E-state index contributed by atoms with van der Waals surface area (Å²) in [6.07, 6.45) is -7.62. The molecule has 0 aliphatic carbocycles. The monoisotopic (exact) mass is 476 g/mol. The third-order valence-corrected chi connectivity index (χ3v) is 4.47. The highest BCUT2D eigenvalue weighted by Gasteiger charge is 2.50. The Hall–Kier alpha value is -3.64. The molecule has 3 aromatic rings. The lowest BCUT2D eigenvalue weighted by molar-refractivity contribution is -0.234. The maximum Gasteiger partial charge on any atom is 0.427 e. The number of benzene rings is 1. The molecule has 0 saturated carbocycles. The van der Waals surface area contributed by atoms with Crippen molar-refractivity contribution in [3.8, 4) is 22.7 Å². The quantitative estimate of drug-likeness (QED) is 0.383. The van der Waals surface area contributed by atoms with Crippen LogP contribution in [0, 0.1) is 5.82 Å². The highest BCUT2D eigenvalue weighted by molar-refractivity contribution is 5.74. The maximum atomic E-state index is 14.3. The zero-order chi connectivity index (χ0) is 24.6. The number of alkyl halides is 6. The highest BCUT2D eigenvalue weighted by Crippen LogP contribution is 2.38. The number of ether oxygens (including phenoxy) is 1. The summed E-state index contributed by atoms with van der Waals surface area (Å²) >= 11 is 0. The summed E-state index contributed by atoms with van der Waals surface area (Å²) in [5, 5.41) is 6.05. The van der Waals surface area contributed by atoms with Gasteiger partial charge in [0, 0.05) is 23.9 Å². The smallest absolute Gasteiger partial charge is 0.427 e. The van der Waals surface area contributed by atoms with E-state index in [0.29, 0.717) is 12.1 Å². The van der Waals surface area contributed by atoms with Crippen LogP contribution in [0.5, 0.6) is 5.75 Å². The molecule has 0 saturated heterocycles. The normalized spacial score (nSPS) is 12.5. The molecule has 0 unspecified atom stereocenters. The van der Waals surface area contributed by atoms with Gasteiger partial charge in [0.1, 0.15) is 11.6 Å². The van der Waals surface area contributed by atoms with E-state index in [1.54, 1.807) is 0 Å². The first-order valence-corrected chi connectivity index (χ1v) is 9.11. The summed E-state index contributed by atoms with van der Waals surface area (Å²) in [5.74, 6) is -1.73. The fourth-order valence-corrected chi connectivity index (χ4v) is 2.82. The Labute approximate surface area is 182 Å². The van der Waals surface area contributed by atoms with E-state index >= 15 is 0 Å². The minimum absolute atomic E-state index is 0.161. The number of halogens is 7. The van der Waals surface area contributed by atoms with E-state index < -0.39 is 40.8 Å². The number of rotatable bonds is 6. The lowest BCUT2D eigenvalue weighted by atomic mass is 10.1. The molecule has 0 aliphatic rings. The summed E-state index contributed by atoms with van der Waals surface area (Å²) in [7, 11) is 0. The largest absolute Gasteiger partial charge is 0.478 e. The summed E-state index contributed by atoms with van der Waals surface area (Å²) in [4.78, 5) is 14.5. The number of aromatic nitrogens is 3. The lowest BCUT2D eigenvalue weighted by Gasteiger charge is -2.29. The predicted molar refractivity (Wildman–Crippen MR) is 102 cm³/mol. The van der Waals surface area contributed by atoms with E-state index in [0.717, 1.165) is 49.1 Å². The Morgan fingerprint density at radius 2 is 1.76 bits per heavy atom. The van der Waals surface area contributed by atoms with Crippen molar-refractivity contribution in [2.45, 2.75) is 31.8 Å². The van der Waals surface area contributed by atoms with Gasteiger partial charge < -0.3 is 10.1 Å². The molecule has 176 valence electrons. The van der Waals surface area contributed by atoms with Gasteiger partial charge in [0.05, 0.1) is 23.1 Å². The molecule has 0 atom stereocenters. The predicted octanol–water partition coefficient (Wildman–Crippen LogP) is 5.38. The van der Waals surface area contributed by atoms with E-state index in [4.69, 9.17) is 4.74 Å². The van der Waals surface area contributed by atoms with Crippen molar-refractivity contribution in [3.63, 3.8) is 0 Å². The van der Waals surface area contributed by atoms with Crippen LogP contribution in [-0.2, 0) is 11.0 Å². The number of amides is 1. The topological polar surface area (TPSA) is 69.0 Å². The number of pyridine rings is 1. The standard InChI is InChI=1S/C20H15F7N4O2/c1-18(2,20(25,26)27)33-13-6-11(5-12(21)7-13)15-8-17(29-10-32)30-31(15)16-9-28-4-3-14(16)19(22,23)24/h3-10H,1-2H3,(H,29,30,32). The van der Waals surface area contributed by atoms with Crippen molar-refractivity contribution < 1.29 is 40.3 Å². The Kier molecular flexibility index (Phi) is 6.09. The van der Waals surface area contributed by atoms with Gasteiger partial charge >= 0.3 is 12.4 Å². The van der Waals surface area contributed by atoms with Crippen LogP contribution in [0.1, 0.15) is 19.4 Å². The van der Waals surface area contributed by atoms with Crippen LogP contribution in [-0.4, -0.2) is 33.0 Å². The number of nitrogens with one attached hydrogen (secondary N) is 1. The number of carbonyl (C=O) groups is 1. The van der Waals surface area contributed by atoms with E-state index in [1.807, 2.05) is 0 Å². The molecule has 0 aliphatic heterocycles. The van der Waals surface area contributed by atoms with Gasteiger partial charge in [-0.1, -0.05) is 0 Å². The molecular weight excluding hydrogens is 461 g/mol. The minimum atomic E-state index is -4.81. The van der Waals surface area contributed by atoms with Gasteiger partial charge in [0.2, 0.25) is 6.41 Å². The molecule has 6 nitrogen and oxygen atoms in total. The average molecular weight is 476 g/mol. The van der Waals surface area contributed by atoms with E-state index in [1.165, 1.54) is 0 Å². The van der Waals surface area contributed by atoms with Crippen LogP contribution in [0.2, 0.25) is 0 Å². The van der Waals surface area contributed by atoms with Gasteiger partial charge in [0.25, 0.3) is 0 Å². The maximum absolute atomic E-state index is 14.3. The van der Waals surface area contributed by atoms with E-state index in [9.17, 15) is 35.5 Å². The number of anilines is 1. The first kappa shape index (κ1) is 24.0. The molecule has 2 aromatic heterocycles. The minimum Gasteiger partial charge on any atom is -0.478 e. The number of nitrogens with zero attached hydrogens (tertiary/aromatic N) is 3. The Morgan fingerprint density at radius 3 is 2.36 bits per heavy atom. The van der Waals surface area contributed by atoms with Crippen molar-refractivity contribution in [1.29, 1.82) is 0 Å². The zero-order valence-corrected chi connectivity index (χ0v) is 16.9. The third kappa shape index (κ3) is 5.07. The number of carbonyl (C=O) groups excluding carboxylic acids is 1. The fraction of sp³-hybridized carbons (Fsp3) is 0.250. The Bertz CT molecular complexity index is 1170.